The molecule has 2 heterocycles. The summed E-state index contributed by atoms with van der Waals surface area (Å²) in [6.07, 6.45) is 1.42. The zero-order chi connectivity index (χ0) is 33.7. The zero-order valence-electron chi connectivity index (χ0n) is 27.6. The second-order valence-corrected chi connectivity index (χ2v) is 13.3. The minimum atomic E-state index is -0.712. The number of amides is 1. The number of rotatable bonds is 10. The highest BCUT2D eigenvalue weighted by molar-refractivity contribution is 5.72. The van der Waals surface area contributed by atoms with Crippen molar-refractivity contribution in [3.8, 4) is 22.9 Å². The van der Waals surface area contributed by atoms with Crippen LogP contribution >= 0.6 is 0 Å². The topological polar surface area (TPSA) is 76.2 Å². The lowest BCUT2D eigenvalue weighted by Gasteiger charge is -2.46. The van der Waals surface area contributed by atoms with Crippen LogP contribution in [0.5, 0.6) is 11.8 Å². The first-order valence-electron chi connectivity index (χ1n) is 16.4. The Morgan fingerprint density at radius 3 is 2.00 bits per heavy atom. The number of aromatic nitrogens is 1. The second-order valence-electron chi connectivity index (χ2n) is 13.3. The molecule has 2 aliphatic rings. The van der Waals surface area contributed by atoms with Gasteiger partial charge in [0.05, 0.1) is 11.1 Å². The Bertz CT molecular complexity index is 1660. The maximum Gasteiger partial charge on any atom is 0.410 e. The average molecular weight is 657 g/mol. The lowest BCUT2D eigenvalue weighted by molar-refractivity contribution is 0.00398. The molecule has 3 aromatic carbocycles. The Morgan fingerprint density at radius 1 is 0.833 bits per heavy atom. The van der Waals surface area contributed by atoms with Crippen LogP contribution in [-0.4, -0.2) is 64.7 Å². The molecule has 0 radical (unpaired) electrons. The van der Waals surface area contributed by atoms with Gasteiger partial charge in [0.1, 0.15) is 30.4 Å². The lowest BCUT2D eigenvalue weighted by atomic mass is 9.85. The molecule has 2 fully saturated rings. The van der Waals surface area contributed by atoms with Crippen molar-refractivity contribution >= 4 is 11.8 Å². The summed E-state index contributed by atoms with van der Waals surface area (Å²) in [6, 6.07) is 25.5. The van der Waals surface area contributed by atoms with Gasteiger partial charge < -0.3 is 24.4 Å². The molecule has 1 aliphatic heterocycles. The second kappa shape index (κ2) is 14.6. The molecule has 1 N–H and O–H groups in total. The maximum atomic E-state index is 15.7. The quantitative estimate of drug-likeness (QED) is 0.188. The van der Waals surface area contributed by atoms with Crippen LogP contribution in [0.2, 0.25) is 0 Å². The number of benzene rings is 3. The molecule has 252 valence electrons. The van der Waals surface area contributed by atoms with E-state index in [1.165, 1.54) is 12.1 Å². The lowest BCUT2D eigenvalue weighted by Crippen LogP contribution is -2.57. The molecule has 4 aromatic rings. The molecule has 1 aromatic heterocycles. The number of halogens is 2. The highest BCUT2D eigenvalue weighted by atomic mass is 19.1. The van der Waals surface area contributed by atoms with Crippen LogP contribution in [0, 0.1) is 11.6 Å². The van der Waals surface area contributed by atoms with Gasteiger partial charge in [-0.1, -0.05) is 60.7 Å². The number of pyridine rings is 1. The zero-order valence-corrected chi connectivity index (χ0v) is 27.6. The van der Waals surface area contributed by atoms with Gasteiger partial charge in [0.2, 0.25) is 11.8 Å². The van der Waals surface area contributed by atoms with Crippen LogP contribution in [0.15, 0.2) is 84.9 Å². The van der Waals surface area contributed by atoms with Crippen molar-refractivity contribution in [2.24, 2.45) is 0 Å². The van der Waals surface area contributed by atoms with E-state index in [0.29, 0.717) is 31.4 Å². The summed E-state index contributed by atoms with van der Waals surface area (Å²) in [5.74, 6) is -1.06. The molecule has 1 saturated carbocycles. The molecule has 1 saturated heterocycles. The Morgan fingerprint density at radius 2 is 1.42 bits per heavy atom. The fourth-order valence-corrected chi connectivity index (χ4v) is 6.01. The molecule has 48 heavy (non-hydrogen) atoms. The van der Waals surface area contributed by atoms with Crippen molar-refractivity contribution in [3.63, 3.8) is 0 Å². The van der Waals surface area contributed by atoms with E-state index < -0.39 is 17.2 Å². The fraction of sp³-hybridized carbons (Fsp3) is 0.368. The molecule has 1 aliphatic carbocycles. The average Bonchev–Trinajstić information content (AvgIpc) is 3.05. The molecule has 8 nitrogen and oxygen atoms in total. The highest BCUT2D eigenvalue weighted by Gasteiger charge is 2.36. The van der Waals surface area contributed by atoms with Gasteiger partial charge in [-0.25, -0.2) is 13.6 Å². The van der Waals surface area contributed by atoms with Crippen LogP contribution < -0.4 is 14.8 Å². The third kappa shape index (κ3) is 8.41. The van der Waals surface area contributed by atoms with Crippen molar-refractivity contribution in [1.29, 1.82) is 0 Å². The van der Waals surface area contributed by atoms with Gasteiger partial charge in [-0.05, 0) is 62.9 Å². The van der Waals surface area contributed by atoms with Gasteiger partial charge in [-0.15, -0.1) is 0 Å². The molecule has 0 spiro atoms. The molecule has 0 unspecified atom stereocenters. The van der Waals surface area contributed by atoms with E-state index in [-0.39, 0.29) is 41.6 Å². The first-order chi connectivity index (χ1) is 23.1. The molecule has 1 amide bonds. The molecular formula is C38H42F2N4O4. The minimum Gasteiger partial charge on any atom is -0.473 e. The van der Waals surface area contributed by atoms with E-state index >= 15 is 8.78 Å². The van der Waals surface area contributed by atoms with Gasteiger partial charge in [-0.2, -0.15) is 4.98 Å². The Labute approximate surface area is 280 Å². The summed E-state index contributed by atoms with van der Waals surface area (Å²) in [7, 11) is 0. The van der Waals surface area contributed by atoms with Crippen LogP contribution in [-0.2, 0) is 18.0 Å². The molecular weight excluding hydrogens is 614 g/mol. The van der Waals surface area contributed by atoms with E-state index in [1.54, 1.807) is 17.0 Å². The van der Waals surface area contributed by atoms with Crippen LogP contribution in [0.1, 0.15) is 44.7 Å². The number of nitrogens with zero attached hydrogens (tertiary/aromatic N) is 3. The van der Waals surface area contributed by atoms with Gasteiger partial charge in [0.15, 0.2) is 0 Å². The summed E-state index contributed by atoms with van der Waals surface area (Å²) in [6.45, 7) is 8.84. The van der Waals surface area contributed by atoms with E-state index in [1.807, 2.05) is 81.4 Å². The standard InChI is InChI=1S/C38H42F2N4O4/c1-38(2,3)48-37(45)44-18-16-43(17-19-44)30-20-28(21-30)41-29-22-32(39)35(33(40)23-29)31-14-15-34(46-24-26-10-6-4-7-11-26)42-36(31)47-25-27-12-8-5-9-13-27/h4-15,22-23,28,30,41H,16-21,24-25H2,1-3H3. The number of carbonyl (C=O) groups excluding carboxylic acids is 1. The molecule has 0 atom stereocenters. The number of hydrogen-bond acceptors (Lipinski definition) is 7. The minimum absolute atomic E-state index is 0.0801. The van der Waals surface area contributed by atoms with Crippen molar-refractivity contribution in [2.75, 3.05) is 31.5 Å². The number of anilines is 1. The Hall–Kier alpha value is -4.70. The molecule has 6 rings (SSSR count). The number of carbonyl (C=O) groups is 1. The van der Waals surface area contributed by atoms with Gasteiger partial charge in [-0.3, -0.25) is 4.90 Å². The number of hydrogen-bond donors (Lipinski definition) is 1. The van der Waals surface area contributed by atoms with Crippen LogP contribution in [0.25, 0.3) is 11.1 Å². The summed E-state index contributed by atoms with van der Waals surface area (Å²) in [4.78, 5) is 21.0. The summed E-state index contributed by atoms with van der Waals surface area (Å²) in [5.41, 5.74) is 1.72. The number of piperazine rings is 1. The summed E-state index contributed by atoms with van der Waals surface area (Å²) >= 11 is 0. The van der Waals surface area contributed by atoms with E-state index in [0.717, 1.165) is 37.1 Å². The third-order valence-corrected chi connectivity index (χ3v) is 8.56. The number of ether oxygens (including phenoxy) is 3. The van der Waals surface area contributed by atoms with Crippen LogP contribution in [0.3, 0.4) is 0 Å². The first-order valence-corrected chi connectivity index (χ1v) is 16.4. The Balaban J connectivity index is 1.10. The summed E-state index contributed by atoms with van der Waals surface area (Å²) in [5, 5.41) is 3.31. The fourth-order valence-electron chi connectivity index (χ4n) is 6.01. The predicted octanol–water partition coefficient (Wildman–Crippen LogP) is 7.68. The van der Waals surface area contributed by atoms with E-state index in [2.05, 4.69) is 15.2 Å². The van der Waals surface area contributed by atoms with E-state index in [9.17, 15) is 4.79 Å². The predicted molar refractivity (Wildman–Crippen MR) is 181 cm³/mol. The summed E-state index contributed by atoms with van der Waals surface area (Å²) < 4.78 is 48.8. The largest absolute Gasteiger partial charge is 0.473 e. The normalized spacial score (nSPS) is 18.1. The maximum absolute atomic E-state index is 15.7. The van der Waals surface area contributed by atoms with E-state index in [4.69, 9.17) is 14.2 Å². The Kier molecular flexibility index (Phi) is 10.1. The molecule has 10 heteroatoms. The van der Waals surface area contributed by atoms with Crippen LogP contribution in [0.4, 0.5) is 19.3 Å². The van der Waals surface area contributed by atoms with Crippen molar-refractivity contribution < 1.29 is 27.8 Å². The highest BCUT2D eigenvalue weighted by Crippen LogP contribution is 2.37. The monoisotopic (exact) mass is 656 g/mol. The number of nitrogens with one attached hydrogen (secondary N) is 1. The van der Waals surface area contributed by atoms with Crippen molar-refractivity contribution in [2.45, 2.75) is 64.5 Å². The van der Waals surface area contributed by atoms with Crippen molar-refractivity contribution in [1.82, 2.24) is 14.8 Å². The third-order valence-electron chi connectivity index (χ3n) is 8.56. The van der Waals surface area contributed by atoms with Gasteiger partial charge in [0.25, 0.3) is 0 Å². The SMILES string of the molecule is CC(C)(C)OC(=O)N1CCN(C2CC(Nc3cc(F)c(-c4ccc(OCc5ccccc5)nc4OCc4ccccc4)c(F)c3)C2)CC1. The molecule has 0 bridgehead atoms. The van der Waals surface area contributed by atoms with Gasteiger partial charge >= 0.3 is 6.09 Å². The first kappa shape index (κ1) is 33.2. The van der Waals surface area contributed by atoms with Crippen molar-refractivity contribution in [3.05, 3.63) is 108 Å². The van der Waals surface area contributed by atoms with Gasteiger partial charge in [0, 0.05) is 50.0 Å². The smallest absolute Gasteiger partial charge is 0.410 e.